The largest absolute Gasteiger partial charge is 0.331 e. The molecule has 1 aromatic carbocycles. The zero-order valence-corrected chi connectivity index (χ0v) is 12.9. The highest BCUT2D eigenvalue weighted by molar-refractivity contribution is 6.32. The summed E-state index contributed by atoms with van der Waals surface area (Å²) in [6.45, 7) is 1.66. The highest BCUT2D eigenvalue weighted by atomic mass is 19.1. The Bertz CT molecular complexity index is 797. The minimum Gasteiger partial charge on any atom is -0.284 e. The van der Waals surface area contributed by atoms with E-state index < -0.39 is 17.9 Å². The number of amidine groups is 1. The lowest BCUT2D eigenvalue weighted by atomic mass is 9.95. The third kappa shape index (κ3) is 2.44. The molecule has 7 heteroatoms. The molecule has 1 fully saturated rings. The smallest absolute Gasteiger partial charge is 0.284 e. The van der Waals surface area contributed by atoms with Gasteiger partial charge in [-0.05, 0) is 30.7 Å². The minimum absolute atomic E-state index is 0.326. The molecule has 1 aromatic rings. The molecule has 3 rings (SSSR count). The van der Waals surface area contributed by atoms with Crippen molar-refractivity contribution in [1.82, 2.24) is 9.80 Å². The summed E-state index contributed by atoms with van der Waals surface area (Å²) in [5.74, 6) is -1.20. The molecule has 2 heterocycles. The lowest BCUT2D eigenvalue weighted by molar-refractivity contribution is -0.128. The molecular weight excluding hydrogens is 299 g/mol. The molecule has 3 amide bonds. The van der Waals surface area contributed by atoms with Crippen LogP contribution in [-0.2, 0) is 4.79 Å². The quantitative estimate of drug-likeness (QED) is 0.798. The second-order valence-corrected chi connectivity index (χ2v) is 5.45. The van der Waals surface area contributed by atoms with Crippen LogP contribution in [0.4, 0.5) is 14.9 Å². The predicted octanol–water partition coefficient (Wildman–Crippen LogP) is 2.27. The molecule has 6 nitrogen and oxygen atoms in total. The Morgan fingerprint density at radius 3 is 2.65 bits per heavy atom. The summed E-state index contributed by atoms with van der Waals surface area (Å²) in [6, 6.07) is 4.17. The Hall–Kier alpha value is -2.83. The van der Waals surface area contributed by atoms with Crippen LogP contribution in [0.2, 0.25) is 0 Å². The van der Waals surface area contributed by atoms with Gasteiger partial charge in [0.1, 0.15) is 17.6 Å². The first-order chi connectivity index (χ1) is 10.9. The number of amides is 3. The summed E-state index contributed by atoms with van der Waals surface area (Å²) >= 11 is 0. The van der Waals surface area contributed by atoms with Gasteiger partial charge in [0, 0.05) is 20.3 Å². The molecule has 1 atom stereocenters. The van der Waals surface area contributed by atoms with Crippen molar-refractivity contribution in [3.63, 3.8) is 0 Å². The highest BCUT2D eigenvalue weighted by Gasteiger charge is 2.43. The Labute approximate surface area is 132 Å². The summed E-state index contributed by atoms with van der Waals surface area (Å²) in [7, 11) is 2.97. The maximum absolute atomic E-state index is 13.7. The average Bonchev–Trinajstić information content (AvgIpc) is 2.54. The second-order valence-electron chi connectivity index (χ2n) is 5.45. The normalized spacial score (nSPS) is 22.5. The number of halogens is 1. The number of rotatable bonds is 1. The van der Waals surface area contributed by atoms with Gasteiger partial charge in [0.15, 0.2) is 0 Å². The Morgan fingerprint density at radius 2 is 1.96 bits per heavy atom. The van der Waals surface area contributed by atoms with E-state index in [0.29, 0.717) is 22.8 Å². The van der Waals surface area contributed by atoms with E-state index in [1.165, 1.54) is 24.2 Å². The number of aryl methyl sites for hydroxylation is 1. The van der Waals surface area contributed by atoms with Gasteiger partial charge in [-0.3, -0.25) is 19.6 Å². The molecule has 2 aliphatic rings. The molecule has 1 unspecified atom stereocenters. The van der Waals surface area contributed by atoms with E-state index in [2.05, 4.69) is 9.98 Å². The van der Waals surface area contributed by atoms with Crippen LogP contribution >= 0.6 is 0 Å². The molecule has 0 aliphatic carbocycles. The van der Waals surface area contributed by atoms with Gasteiger partial charge in [-0.15, -0.1) is 0 Å². The number of carbonyl (C=O) groups excluding carboxylic acids is 2. The third-order valence-corrected chi connectivity index (χ3v) is 3.91. The Kier molecular flexibility index (Phi) is 3.55. The second kappa shape index (κ2) is 5.42. The van der Waals surface area contributed by atoms with Crippen LogP contribution in [0.1, 0.15) is 5.56 Å². The lowest BCUT2D eigenvalue weighted by Crippen LogP contribution is -2.59. The first-order valence-corrected chi connectivity index (χ1v) is 7.04. The number of aliphatic imine (C=N–C) groups is 2. The van der Waals surface area contributed by atoms with Crippen molar-refractivity contribution in [2.24, 2.45) is 15.9 Å². The van der Waals surface area contributed by atoms with Gasteiger partial charge >= 0.3 is 6.03 Å². The number of hydrogen-bond acceptors (Lipinski definition) is 4. The van der Waals surface area contributed by atoms with Gasteiger partial charge in [0.2, 0.25) is 5.91 Å². The number of urea groups is 1. The van der Waals surface area contributed by atoms with E-state index in [1.807, 2.05) is 0 Å². The minimum atomic E-state index is -0.767. The van der Waals surface area contributed by atoms with Crippen molar-refractivity contribution in [3.05, 3.63) is 41.9 Å². The summed E-state index contributed by atoms with van der Waals surface area (Å²) in [5, 5.41) is 0. The fraction of sp³-hybridized carbons (Fsp3) is 0.250. The van der Waals surface area contributed by atoms with Crippen LogP contribution in [0.25, 0.3) is 0 Å². The van der Waals surface area contributed by atoms with E-state index in [9.17, 15) is 14.0 Å². The van der Waals surface area contributed by atoms with Crippen LogP contribution in [0.3, 0.4) is 0 Å². The zero-order chi connectivity index (χ0) is 16.7. The number of allylic oxidation sites excluding steroid dienone is 1. The van der Waals surface area contributed by atoms with E-state index in [4.69, 9.17) is 0 Å². The van der Waals surface area contributed by atoms with Crippen LogP contribution < -0.4 is 0 Å². The van der Waals surface area contributed by atoms with Crippen molar-refractivity contribution in [2.75, 3.05) is 14.1 Å². The molecule has 0 radical (unpaired) electrons. The topological polar surface area (TPSA) is 65.3 Å². The maximum atomic E-state index is 13.7. The number of nitrogens with zero attached hydrogens (tertiary/aromatic N) is 4. The van der Waals surface area contributed by atoms with Crippen LogP contribution in [0, 0.1) is 18.7 Å². The SMILES string of the molecule is Cc1ccc(N=C2C=CN=C3C2C(=O)N(C)C(=O)N3C)cc1F. The molecule has 0 saturated carbocycles. The van der Waals surface area contributed by atoms with Crippen molar-refractivity contribution in [1.29, 1.82) is 0 Å². The number of fused-ring (bicyclic) bond motifs is 1. The van der Waals surface area contributed by atoms with E-state index in [-0.39, 0.29) is 5.82 Å². The average molecular weight is 314 g/mol. The summed E-state index contributed by atoms with van der Waals surface area (Å²) in [5.41, 5.74) is 1.35. The lowest BCUT2D eigenvalue weighted by Gasteiger charge is -2.36. The zero-order valence-electron chi connectivity index (χ0n) is 12.9. The summed E-state index contributed by atoms with van der Waals surface area (Å²) < 4.78 is 13.7. The highest BCUT2D eigenvalue weighted by Crippen LogP contribution is 2.25. The number of benzene rings is 1. The van der Waals surface area contributed by atoms with Gasteiger partial charge in [-0.2, -0.15) is 0 Å². The van der Waals surface area contributed by atoms with Crippen molar-refractivity contribution in [3.8, 4) is 0 Å². The Morgan fingerprint density at radius 1 is 1.22 bits per heavy atom. The fourth-order valence-corrected chi connectivity index (χ4v) is 2.52. The van der Waals surface area contributed by atoms with Gasteiger partial charge < -0.3 is 0 Å². The number of imide groups is 1. The van der Waals surface area contributed by atoms with Gasteiger partial charge in [-0.25, -0.2) is 14.2 Å². The molecule has 0 bridgehead atoms. The first kappa shape index (κ1) is 15.1. The van der Waals surface area contributed by atoms with Crippen LogP contribution in [0.15, 0.2) is 40.5 Å². The molecule has 0 aromatic heterocycles. The maximum Gasteiger partial charge on any atom is 0.331 e. The molecule has 0 spiro atoms. The molecule has 23 heavy (non-hydrogen) atoms. The fourth-order valence-electron chi connectivity index (χ4n) is 2.52. The third-order valence-electron chi connectivity index (χ3n) is 3.91. The van der Waals surface area contributed by atoms with Crippen LogP contribution in [0.5, 0.6) is 0 Å². The van der Waals surface area contributed by atoms with Gasteiger partial charge in [0.25, 0.3) is 0 Å². The van der Waals surface area contributed by atoms with Crippen LogP contribution in [-0.4, -0.2) is 47.4 Å². The van der Waals surface area contributed by atoms with Crippen molar-refractivity contribution < 1.29 is 14.0 Å². The van der Waals surface area contributed by atoms with E-state index in [0.717, 1.165) is 4.90 Å². The molecule has 1 saturated heterocycles. The van der Waals surface area contributed by atoms with E-state index in [1.54, 1.807) is 32.2 Å². The molecule has 2 aliphatic heterocycles. The number of hydrogen-bond donors (Lipinski definition) is 0. The Balaban J connectivity index is 2.04. The first-order valence-electron chi connectivity index (χ1n) is 7.04. The standard InChI is InChI=1S/C16H15FN4O2/c1-9-4-5-10(8-11(9)17)19-12-6-7-18-14-13(12)15(22)21(3)16(23)20(14)2/h4-8,13H,1-3H3. The van der Waals surface area contributed by atoms with E-state index >= 15 is 0 Å². The monoisotopic (exact) mass is 314 g/mol. The van der Waals surface area contributed by atoms with Gasteiger partial charge in [0.05, 0.1) is 11.4 Å². The van der Waals surface area contributed by atoms with Crippen molar-refractivity contribution >= 4 is 29.2 Å². The molecule has 0 N–H and O–H groups in total. The molecular formula is C16H15FN4O2. The van der Waals surface area contributed by atoms with Crippen molar-refractivity contribution in [2.45, 2.75) is 6.92 Å². The summed E-state index contributed by atoms with van der Waals surface area (Å²) in [4.78, 5) is 35.3. The number of carbonyl (C=O) groups is 2. The molecule has 118 valence electrons. The predicted molar refractivity (Wildman–Crippen MR) is 84.2 cm³/mol. The summed E-state index contributed by atoms with van der Waals surface area (Å²) in [6.07, 6.45) is 3.08. The van der Waals surface area contributed by atoms with Gasteiger partial charge in [-0.1, -0.05) is 6.07 Å².